The van der Waals surface area contributed by atoms with E-state index in [1.165, 1.54) is 16.8 Å². The highest BCUT2D eigenvalue weighted by Crippen LogP contribution is 2.15. The molecule has 0 unspecified atom stereocenters. The zero-order chi connectivity index (χ0) is 20.3. The standard InChI is InChI=1S/C22H23N3O3/c1-14-5-7-18(11-16(14)3)23-20(26)13-28-21-9-10-22(27)25(24-21)19-8-6-15(2)17(4)12-19/h5-12H,13H2,1-4H3,(H,23,26). The van der Waals surface area contributed by atoms with Crippen molar-refractivity contribution in [2.24, 2.45) is 0 Å². The first-order valence-corrected chi connectivity index (χ1v) is 9.01. The minimum atomic E-state index is -0.297. The van der Waals surface area contributed by atoms with Crippen molar-refractivity contribution in [2.75, 3.05) is 11.9 Å². The molecule has 144 valence electrons. The quantitative estimate of drug-likeness (QED) is 0.739. The van der Waals surface area contributed by atoms with Crippen LogP contribution in [0.25, 0.3) is 5.69 Å². The normalized spacial score (nSPS) is 10.6. The lowest BCUT2D eigenvalue weighted by Gasteiger charge is -2.11. The van der Waals surface area contributed by atoms with Gasteiger partial charge < -0.3 is 10.1 Å². The highest BCUT2D eigenvalue weighted by atomic mass is 16.5. The second kappa shape index (κ2) is 8.08. The molecular weight excluding hydrogens is 354 g/mol. The molecule has 6 nitrogen and oxygen atoms in total. The minimum Gasteiger partial charge on any atom is -0.467 e. The molecule has 1 N–H and O–H groups in total. The van der Waals surface area contributed by atoms with Gasteiger partial charge in [-0.15, -0.1) is 5.10 Å². The number of aryl methyl sites for hydroxylation is 4. The van der Waals surface area contributed by atoms with Crippen LogP contribution in [-0.4, -0.2) is 22.3 Å². The topological polar surface area (TPSA) is 73.2 Å². The molecule has 28 heavy (non-hydrogen) atoms. The fourth-order valence-corrected chi connectivity index (χ4v) is 2.67. The Bertz CT molecular complexity index is 1090. The summed E-state index contributed by atoms with van der Waals surface area (Å²) in [4.78, 5) is 24.3. The molecule has 0 aliphatic heterocycles. The van der Waals surface area contributed by atoms with Crippen molar-refractivity contribution in [3.63, 3.8) is 0 Å². The van der Waals surface area contributed by atoms with E-state index in [0.717, 1.165) is 22.3 Å². The maximum atomic E-state index is 12.2. The van der Waals surface area contributed by atoms with Gasteiger partial charge in [-0.25, -0.2) is 0 Å². The minimum absolute atomic E-state index is 0.202. The Morgan fingerprint density at radius 3 is 2.29 bits per heavy atom. The summed E-state index contributed by atoms with van der Waals surface area (Å²) in [6.45, 7) is 7.77. The lowest BCUT2D eigenvalue weighted by Crippen LogP contribution is -2.24. The molecule has 0 spiro atoms. The van der Waals surface area contributed by atoms with Crippen LogP contribution in [0.3, 0.4) is 0 Å². The number of ether oxygens (including phenoxy) is 1. The van der Waals surface area contributed by atoms with Crippen LogP contribution in [0.1, 0.15) is 22.3 Å². The molecule has 0 aliphatic carbocycles. The SMILES string of the molecule is Cc1ccc(NC(=O)COc2ccc(=O)n(-c3ccc(C)c(C)c3)n2)cc1C. The molecule has 0 saturated heterocycles. The van der Waals surface area contributed by atoms with Crippen molar-refractivity contribution < 1.29 is 9.53 Å². The molecule has 0 atom stereocenters. The number of rotatable bonds is 5. The Morgan fingerprint density at radius 2 is 1.61 bits per heavy atom. The molecule has 0 aliphatic rings. The number of amides is 1. The zero-order valence-corrected chi connectivity index (χ0v) is 16.4. The molecule has 1 aromatic heterocycles. The third kappa shape index (κ3) is 4.46. The van der Waals surface area contributed by atoms with Gasteiger partial charge in [-0.3, -0.25) is 9.59 Å². The van der Waals surface area contributed by atoms with Crippen LogP contribution in [-0.2, 0) is 4.79 Å². The summed E-state index contributed by atoms with van der Waals surface area (Å²) in [5.41, 5.74) is 5.54. The van der Waals surface area contributed by atoms with E-state index in [1.807, 2.05) is 64.1 Å². The summed E-state index contributed by atoms with van der Waals surface area (Å²) in [6, 6.07) is 14.2. The van der Waals surface area contributed by atoms with Gasteiger partial charge in [0.1, 0.15) is 0 Å². The van der Waals surface area contributed by atoms with E-state index >= 15 is 0 Å². The monoisotopic (exact) mass is 377 g/mol. The van der Waals surface area contributed by atoms with Crippen LogP contribution in [0.4, 0.5) is 5.69 Å². The van der Waals surface area contributed by atoms with Crippen LogP contribution in [0, 0.1) is 27.7 Å². The highest BCUT2D eigenvalue weighted by Gasteiger charge is 2.08. The molecule has 6 heteroatoms. The van der Waals surface area contributed by atoms with Gasteiger partial charge in [0.15, 0.2) is 6.61 Å². The summed E-state index contributed by atoms with van der Waals surface area (Å²) < 4.78 is 6.75. The molecular formula is C22H23N3O3. The number of anilines is 1. The van der Waals surface area contributed by atoms with Crippen molar-refractivity contribution in [1.82, 2.24) is 9.78 Å². The lowest BCUT2D eigenvalue weighted by molar-refractivity contribution is -0.118. The van der Waals surface area contributed by atoms with E-state index < -0.39 is 0 Å². The predicted molar refractivity (Wildman–Crippen MR) is 109 cm³/mol. The molecule has 0 saturated carbocycles. The molecule has 3 aromatic rings. The second-order valence-corrected chi connectivity index (χ2v) is 6.83. The Kier molecular flexibility index (Phi) is 5.59. The van der Waals surface area contributed by atoms with Gasteiger partial charge in [0.05, 0.1) is 5.69 Å². The Balaban J connectivity index is 1.70. The van der Waals surface area contributed by atoms with Crippen molar-refractivity contribution in [3.8, 4) is 11.6 Å². The van der Waals surface area contributed by atoms with Gasteiger partial charge in [0, 0.05) is 17.8 Å². The van der Waals surface area contributed by atoms with Gasteiger partial charge in [0.25, 0.3) is 11.5 Å². The maximum absolute atomic E-state index is 12.2. The molecule has 1 heterocycles. The molecule has 1 amide bonds. The van der Waals surface area contributed by atoms with Gasteiger partial charge in [-0.2, -0.15) is 4.68 Å². The fourth-order valence-electron chi connectivity index (χ4n) is 2.67. The van der Waals surface area contributed by atoms with Gasteiger partial charge in [0.2, 0.25) is 5.88 Å². The third-order valence-electron chi connectivity index (χ3n) is 4.65. The van der Waals surface area contributed by atoms with Crippen LogP contribution in [0.2, 0.25) is 0 Å². The Labute approximate surface area is 163 Å². The van der Waals surface area contributed by atoms with Crippen molar-refractivity contribution in [1.29, 1.82) is 0 Å². The van der Waals surface area contributed by atoms with E-state index in [0.29, 0.717) is 11.4 Å². The Hall–Kier alpha value is -3.41. The van der Waals surface area contributed by atoms with Gasteiger partial charge >= 0.3 is 0 Å². The van der Waals surface area contributed by atoms with E-state index in [2.05, 4.69) is 10.4 Å². The first-order valence-electron chi connectivity index (χ1n) is 9.01. The third-order valence-corrected chi connectivity index (χ3v) is 4.65. The number of aromatic nitrogens is 2. The average Bonchev–Trinajstić information content (AvgIpc) is 2.66. The van der Waals surface area contributed by atoms with Crippen LogP contribution >= 0.6 is 0 Å². The summed E-state index contributed by atoms with van der Waals surface area (Å²) >= 11 is 0. The van der Waals surface area contributed by atoms with Crippen LogP contribution in [0.5, 0.6) is 5.88 Å². The summed E-state index contributed by atoms with van der Waals surface area (Å²) in [7, 11) is 0. The van der Waals surface area contributed by atoms with Crippen molar-refractivity contribution >= 4 is 11.6 Å². The summed E-state index contributed by atoms with van der Waals surface area (Å²) in [5, 5.41) is 7.01. The number of benzene rings is 2. The predicted octanol–water partition coefficient (Wildman–Crippen LogP) is 3.48. The molecule has 0 radical (unpaired) electrons. The summed E-state index contributed by atoms with van der Waals surface area (Å²) in [5.74, 6) is -0.0953. The number of nitrogens with zero attached hydrogens (tertiary/aromatic N) is 2. The molecule has 3 rings (SSSR count). The van der Waals surface area contributed by atoms with Crippen LogP contribution in [0.15, 0.2) is 53.3 Å². The van der Waals surface area contributed by atoms with E-state index in [4.69, 9.17) is 4.74 Å². The number of hydrogen-bond acceptors (Lipinski definition) is 4. The first-order chi connectivity index (χ1) is 13.3. The summed E-state index contributed by atoms with van der Waals surface area (Å²) in [6.07, 6.45) is 0. The van der Waals surface area contributed by atoms with Gasteiger partial charge in [-0.1, -0.05) is 12.1 Å². The Morgan fingerprint density at radius 1 is 0.929 bits per heavy atom. The van der Waals surface area contributed by atoms with E-state index in [1.54, 1.807) is 0 Å². The maximum Gasteiger partial charge on any atom is 0.271 e. The van der Waals surface area contributed by atoms with E-state index in [9.17, 15) is 9.59 Å². The highest BCUT2D eigenvalue weighted by molar-refractivity contribution is 5.91. The fraction of sp³-hybridized carbons (Fsp3) is 0.227. The molecule has 0 bridgehead atoms. The number of carbonyl (C=O) groups is 1. The zero-order valence-electron chi connectivity index (χ0n) is 16.4. The largest absolute Gasteiger partial charge is 0.467 e. The number of carbonyl (C=O) groups excluding carboxylic acids is 1. The van der Waals surface area contributed by atoms with Crippen LogP contribution < -0.4 is 15.6 Å². The first kappa shape index (κ1) is 19.4. The number of hydrogen-bond donors (Lipinski definition) is 1. The molecule has 0 fully saturated rings. The van der Waals surface area contributed by atoms with Crippen molar-refractivity contribution in [2.45, 2.75) is 27.7 Å². The molecule has 2 aromatic carbocycles. The van der Waals surface area contributed by atoms with Crippen molar-refractivity contribution in [3.05, 3.63) is 81.1 Å². The lowest BCUT2D eigenvalue weighted by atomic mass is 10.1. The smallest absolute Gasteiger partial charge is 0.271 e. The average molecular weight is 377 g/mol. The van der Waals surface area contributed by atoms with Gasteiger partial charge in [-0.05, 0) is 74.2 Å². The second-order valence-electron chi connectivity index (χ2n) is 6.83. The number of nitrogens with one attached hydrogen (secondary N) is 1. The van der Waals surface area contributed by atoms with E-state index in [-0.39, 0.29) is 24.0 Å².